The van der Waals surface area contributed by atoms with Gasteiger partial charge < -0.3 is 4.90 Å². The van der Waals surface area contributed by atoms with Crippen LogP contribution in [-0.4, -0.2) is 18.9 Å². The van der Waals surface area contributed by atoms with E-state index in [0.29, 0.717) is 5.92 Å². The Hall–Kier alpha value is -1.31. The monoisotopic (exact) mass is 203 g/mol. The van der Waals surface area contributed by atoms with E-state index in [1.165, 1.54) is 11.3 Å². The van der Waals surface area contributed by atoms with Gasteiger partial charge in [0, 0.05) is 30.3 Å². The highest BCUT2D eigenvalue weighted by Gasteiger charge is 2.24. The predicted molar refractivity (Wildman–Crippen MR) is 62.7 cm³/mol. The number of hydrogen-bond acceptors (Lipinski definition) is 2. The van der Waals surface area contributed by atoms with E-state index in [2.05, 4.69) is 24.8 Å². The molecule has 0 amide bonds. The molecule has 2 nitrogen and oxygen atoms in total. The van der Waals surface area contributed by atoms with Crippen LogP contribution in [0.1, 0.15) is 42.6 Å². The molecule has 1 aromatic carbocycles. The normalized spacial score (nSPS) is 19.1. The number of likely N-dealkylation sites (N-methyl/N-ethyl adjacent to an activating group) is 1. The molecular formula is C13H17NO. The first-order valence-electron chi connectivity index (χ1n) is 5.53. The van der Waals surface area contributed by atoms with E-state index in [9.17, 15) is 4.79 Å². The number of rotatable bonds is 2. The number of ketones is 1. The van der Waals surface area contributed by atoms with E-state index in [1.807, 2.05) is 12.1 Å². The molecule has 0 aliphatic carbocycles. The third-order valence-corrected chi connectivity index (χ3v) is 3.18. The molecule has 0 radical (unpaired) electrons. The van der Waals surface area contributed by atoms with Crippen LogP contribution in [-0.2, 0) is 0 Å². The third kappa shape index (κ3) is 1.65. The van der Waals surface area contributed by atoms with Crippen LogP contribution in [0, 0.1) is 0 Å². The number of benzene rings is 1. The van der Waals surface area contributed by atoms with Crippen molar-refractivity contribution in [3.63, 3.8) is 0 Å². The Morgan fingerprint density at radius 2 is 2.27 bits per heavy atom. The first-order valence-corrected chi connectivity index (χ1v) is 5.53. The first kappa shape index (κ1) is 10.2. The minimum absolute atomic E-state index is 0.147. The van der Waals surface area contributed by atoms with Gasteiger partial charge in [0.15, 0.2) is 5.78 Å². The summed E-state index contributed by atoms with van der Waals surface area (Å²) in [5.41, 5.74) is 3.45. The van der Waals surface area contributed by atoms with Crippen molar-refractivity contribution in [2.75, 3.05) is 18.0 Å². The second-order valence-corrected chi connectivity index (χ2v) is 4.27. The largest absolute Gasteiger partial charge is 0.371 e. The van der Waals surface area contributed by atoms with E-state index in [4.69, 9.17) is 0 Å². The Bertz CT molecular complexity index is 398. The fourth-order valence-corrected chi connectivity index (χ4v) is 2.28. The second-order valence-electron chi connectivity index (χ2n) is 4.27. The molecule has 1 aliphatic heterocycles. The molecular weight excluding hydrogens is 186 g/mol. The molecule has 1 aliphatic rings. The lowest BCUT2D eigenvalue weighted by Gasteiger charge is -2.17. The molecule has 1 unspecified atom stereocenters. The van der Waals surface area contributed by atoms with Crippen LogP contribution >= 0.6 is 0 Å². The van der Waals surface area contributed by atoms with Gasteiger partial charge in [-0.15, -0.1) is 0 Å². The quantitative estimate of drug-likeness (QED) is 0.689. The highest BCUT2D eigenvalue weighted by atomic mass is 16.1. The van der Waals surface area contributed by atoms with Crippen LogP contribution in [0.3, 0.4) is 0 Å². The van der Waals surface area contributed by atoms with Gasteiger partial charge in [0.2, 0.25) is 0 Å². The topological polar surface area (TPSA) is 20.3 Å². The summed E-state index contributed by atoms with van der Waals surface area (Å²) in [6, 6.07) is 6.08. The van der Waals surface area contributed by atoms with Crippen LogP contribution in [0.4, 0.5) is 5.69 Å². The lowest BCUT2D eigenvalue weighted by Crippen LogP contribution is -2.20. The Morgan fingerprint density at radius 1 is 1.53 bits per heavy atom. The molecule has 0 N–H and O–H groups in total. The fourth-order valence-electron chi connectivity index (χ4n) is 2.28. The molecule has 0 saturated carbocycles. The zero-order chi connectivity index (χ0) is 11.0. The number of carbonyl (C=O) groups excluding carboxylic acids is 1. The maximum Gasteiger partial charge on any atom is 0.159 e. The molecule has 2 heteroatoms. The number of fused-ring (bicyclic) bond motifs is 1. The first-order chi connectivity index (χ1) is 7.13. The zero-order valence-corrected chi connectivity index (χ0v) is 9.58. The molecule has 0 saturated heterocycles. The van der Waals surface area contributed by atoms with Gasteiger partial charge in [-0.2, -0.15) is 0 Å². The lowest BCUT2D eigenvalue weighted by molar-refractivity contribution is 0.101. The van der Waals surface area contributed by atoms with Crippen molar-refractivity contribution in [1.82, 2.24) is 0 Å². The summed E-state index contributed by atoms with van der Waals surface area (Å²) in [5, 5.41) is 0. The fraction of sp³-hybridized carbons (Fsp3) is 0.462. The molecule has 1 aromatic rings. The van der Waals surface area contributed by atoms with Gasteiger partial charge in [0.25, 0.3) is 0 Å². The Morgan fingerprint density at radius 3 is 2.87 bits per heavy atom. The standard InChI is InChI=1S/C13H17NO/c1-4-14-8-9(2)12-6-5-11(10(3)15)7-13(12)14/h5-7,9H,4,8H2,1-3H3. The van der Waals surface area contributed by atoms with E-state index in [0.717, 1.165) is 18.7 Å². The van der Waals surface area contributed by atoms with Gasteiger partial charge in [0.05, 0.1) is 0 Å². The highest BCUT2D eigenvalue weighted by Crippen LogP contribution is 2.36. The average molecular weight is 203 g/mol. The Labute approximate surface area is 90.9 Å². The Balaban J connectivity index is 2.47. The second kappa shape index (κ2) is 3.69. The summed E-state index contributed by atoms with van der Waals surface area (Å²) in [6.07, 6.45) is 0. The van der Waals surface area contributed by atoms with E-state index < -0.39 is 0 Å². The van der Waals surface area contributed by atoms with Crippen molar-refractivity contribution in [1.29, 1.82) is 0 Å². The Kier molecular flexibility index (Phi) is 2.51. The maximum atomic E-state index is 11.3. The molecule has 1 atom stereocenters. The van der Waals surface area contributed by atoms with Gasteiger partial charge in [-0.25, -0.2) is 0 Å². The number of Topliss-reactive ketones (excluding diaryl/α,β-unsaturated/α-hetero) is 1. The minimum atomic E-state index is 0.147. The number of carbonyl (C=O) groups is 1. The zero-order valence-electron chi connectivity index (χ0n) is 9.58. The van der Waals surface area contributed by atoms with Crippen molar-refractivity contribution < 1.29 is 4.79 Å². The summed E-state index contributed by atoms with van der Waals surface area (Å²) < 4.78 is 0. The van der Waals surface area contributed by atoms with Crippen LogP contribution in [0.5, 0.6) is 0 Å². The summed E-state index contributed by atoms with van der Waals surface area (Å²) >= 11 is 0. The van der Waals surface area contributed by atoms with Gasteiger partial charge in [-0.3, -0.25) is 4.79 Å². The SMILES string of the molecule is CCN1CC(C)c2ccc(C(C)=O)cc21. The van der Waals surface area contributed by atoms with Gasteiger partial charge >= 0.3 is 0 Å². The molecule has 80 valence electrons. The molecule has 0 bridgehead atoms. The predicted octanol–water partition coefficient (Wildman–Crippen LogP) is 2.83. The average Bonchev–Trinajstić information content (AvgIpc) is 2.55. The molecule has 2 rings (SSSR count). The van der Waals surface area contributed by atoms with E-state index >= 15 is 0 Å². The highest BCUT2D eigenvalue weighted by molar-refractivity contribution is 5.95. The molecule has 0 fully saturated rings. The van der Waals surface area contributed by atoms with Gasteiger partial charge in [-0.1, -0.05) is 19.1 Å². The summed E-state index contributed by atoms with van der Waals surface area (Å²) in [5.74, 6) is 0.731. The molecule has 0 aromatic heterocycles. The molecule has 0 spiro atoms. The van der Waals surface area contributed by atoms with Crippen LogP contribution in [0.15, 0.2) is 18.2 Å². The summed E-state index contributed by atoms with van der Waals surface area (Å²) in [6.45, 7) is 8.10. The number of hydrogen-bond donors (Lipinski definition) is 0. The molecule has 1 heterocycles. The van der Waals surface area contributed by atoms with Crippen molar-refractivity contribution in [2.45, 2.75) is 26.7 Å². The van der Waals surface area contributed by atoms with Crippen LogP contribution in [0.2, 0.25) is 0 Å². The van der Waals surface area contributed by atoms with Crippen molar-refractivity contribution in [2.24, 2.45) is 0 Å². The maximum absolute atomic E-state index is 11.3. The molecule has 15 heavy (non-hydrogen) atoms. The minimum Gasteiger partial charge on any atom is -0.371 e. The van der Waals surface area contributed by atoms with Crippen molar-refractivity contribution >= 4 is 11.5 Å². The summed E-state index contributed by atoms with van der Waals surface area (Å²) in [7, 11) is 0. The smallest absolute Gasteiger partial charge is 0.159 e. The van der Waals surface area contributed by atoms with Gasteiger partial charge in [0.1, 0.15) is 0 Å². The lowest BCUT2D eigenvalue weighted by atomic mass is 10.0. The van der Waals surface area contributed by atoms with Crippen LogP contribution < -0.4 is 4.90 Å². The number of anilines is 1. The number of nitrogens with zero attached hydrogens (tertiary/aromatic N) is 1. The van der Waals surface area contributed by atoms with E-state index in [1.54, 1.807) is 6.92 Å². The van der Waals surface area contributed by atoms with Crippen molar-refractivity contribution in [3.05, 3.63) is 29.3 Å². The third-order valence-electron chi connectivity index (χ3n) is 3.18. The van der Waals surface area contributed by atoms with Crippen molar-refractivity contribution in [3.8, 4) is 0 Å². The summed E-state index contributed by atoms with van der Waals surface area (Å²) in [4.78, 5) is 13.6. The van der Waals surface area contributed by atoms with Gasteiger partial charge in [-0.05, 0) is 25.5 Å². The van der Waals surface area contributed by atoms with E-state index in [-0.39, 0.29) is 5.78 Å². The van der Waals surface area contributed by atoms with Crippen LogP contribution in [0.25, 0.3) is 0 Å².